The van der Waals surface area contributed by atoms with Gasteiger partial charge >= 0.3 is 0 Å². The molecule has 0 aliphatic carbocycles. The minimum atomic E-state index is 0.290. The van der Waals surface area contributed by atoms with Gasteiger partial charge in [-0.1, -0.05) is 127 Å². The molecule has 0 radical (unpaired) electrons. The fraction of sp³-hybridized carbons (Fsp3) is 0. The molecule has 0 N–H and O–H groups in total. The number of aromatic nitrogens is 4. The molecular weight excluding hydrogens is 799 g/mol. The number of para-hydroxylation sites is 1. The molecule has 0 saturated carbocycles. The van der Waals surface area contributed by atoms with Crippen LogP contribution in [0, 0.1) is 42.4 Å². The van der Waals surface area contributed by atoms with Crippen LogP contribution >= 0.6 is 0 Å². The second-order valence-corrected chi connectivity index (χ2v) is 15.2. The first-order valence-corrected chi connectivity index (χ1v) is 20.4. The molecule has 0 atom stereocenters. The largest absolute Gasteiger partial charge is 0.308 e. The third kappa shape index (κ3) is 7.25. The lowest BCUT2D eigenvalue weighted by molar-refractivity contribution is 1.07. The van der Waals surface area contributed by atoms with Gasteiger partial charge in [0.2, 0.25) is 0 Å². The van der Waals surface area contributed by atoms with E-state index in [0.29, 0.717) is 79.2 Å². The maximum Gasteiger partial charge on any atom is 0.187 e. The second-order valence-electron chi connectivity index (χ2n) is 15.2. The Morgan fingerprint density at radius 1 is 0.385 bits per heavy atom. The smallest absolute Gasteiger partial charge is 0.187 e. The Kier molecular flexibility index (Phi) is 9.93. The fourth-order valence-electron chi connectivity index (χ4n) is 8.30. The van der Waals surface area contributed by atoms with Crippen LogP contribution in [0.1, 0.15) is 11.1 Å². The molecule has 2 aromatic heterocycles. The van der Waals surface area contributed by atoms with Gasteiger partial charge in [-0.15, -0.1) is 0 Å². The van der Waals surface area contributed by atoms with Crippen molar-refractivity contribution >= 4 is 38.9 Å². The Hall–Kier alpha value is -9.98. The Morgan fingerprint density at radius 3 is 1.43 bits per heavy atom. The monoisotopic (exact) mass is 827 g/mol. The summed E-state index contributed by atoms with van der Waals surface area (Å²) in [6.07, 6.45) is 0. The van der Waals surface area contributed by atoms with Crippen molar-refractivity contribution in [2.24, 2.45) is 0 Å². The van der Waals surface area contributed by atoms with E-state index < -0.39 is 0 Å². The number of nitriles is 2. The van der Waals surface area contributed by atoms with Crippen molar-refractivity contribution in [3.63, 3.8) is 0 Å². The summed E-state index contributed by atoms with van der Waals surface area (Å²) in [7, 11) is 0. The molecule has 0 fully saturated rings. The summed E-state index contributed by atoms with van der Waals surface area (Å²) in [6.45, 7) is 23.6. The lowest BCUT2D eigenvalue weighted by Crippen LogP contribution is -2.04. The van der Waals surface area contributed by atoms with Crippen molar-refractivity contribution in [2.75, 3.05) is 0 Å². The van der Waals surface area contributed by atoms with E-state index in [0.717, 1.165) is 44.1 Å². The van der Waals surface area contributed by atoms with Crippen molar-refractivity contribution in [1.82, 2.24) is 19.5 Å². The van der Waals surface area contributed by atoms with Crippen LogP contribution in [0.25, 0.3) is 110 Å². The number of nitrogens with zero attached hydrogens (tertiary/aromatic N) is 9. The zero-order chi connectivity index (χ0) is 44.4. The molecule has 0 aliphatic rings. The molecule has 2 heterocycles. The molecule has 0 saturated heterocycles. The molecule has 0 bridgehead atoms. The third-order valence-electron chi connectivity index (χ3n) is 11.3. The van der Waals surface area contributed by atoms with E-state index in [2.05, 4.69) is 61.6 Å². The fourth-order valence-corrected chi connectivity index (χ4v) is 8.30. The highest BCUT2D eigenvalue weighted by Crippen LogP contribution is 2.46. The van der Waals surface area contributed by atoms with Gasteiger partial charge in [-0.2, -0.15) is 10.5 Å². The van der Waals surface area contributed by atoms with Crippen LogP contribution in [-0.4, -0.2) is 19.5 Å². The third-order valence-corrected chi connectivity index (χ3v) is 11.3. The summed E-state index contributed by atoms with van der Waals surface area (Å²) >= 11 is 0. The normalized spacial score (nSPS) is 10.7. The van der Waals surface area contributed by atoms with Crippen LogP contribution in [0.2, 0.25) is 0 Å². The van der Waals surface area contributed by atoms with Crippen LogP contribution in [0.3, 0.4) is 0 Å². The second kappa shape index (κ2) is 16.5. The SMILES string of the molecule is [C-]#[N+]c1ccc(-c2ccc3c(c2)c2ccccc2n3-c2c(-c3cc(C#N)cc(C#N)c3)cc(-c3nc(-c4ccccc4)nc(-c4ccccc4)n3)cc2-c2cc([N+]#[C-])cc([N+]#[C-])c2)cc1. The highest BCUT2D eigenvalue weighted by atomic mass is 15.0. The summed E-state index contributed by atoms with van der Waals surface area (Å²) in [5.74, 6) is 1.30. The predicted molar refractivity (Wildman–Crippen MR) is 255 cm³/mol. The molecule has 8 aromatic carbocycles. The van der Waals surface area contributed by atoms with Crippen molar-refractivity contribution in [3.05, 3.63) is 221 Å². The molecule has 298 valence electrons. The molecule has 10 rings (SSSR count). The Labute approximate surface area is 374 Å². The molecule has 9 nitrogen and oxygen atoms in total. The Balaban J connectivity index is 1.36. The maximum absolute atomic E-state index is 10.3. The molecule has 0 amide bonds. The summed E-state index contributed by atoms with van der Waals surface area (Å²) < 4.78 is 2.18. The molecule has 65 heavy (non-hydrogen) atoms. The highest BCUT2D eigenvalue weighted by molar-refractivity contribution is 6.12. The topological polar surface area (TPSA) is 104 Å². The number of benzene rings is 8. The number of rotatable bonds is 7. The zero-order valence-corrected chi connectivity index (χ0v) is 34.3. The van der Waals surface area contributed by atoms with E-state index in [1.165, 1.54) is 0 Å². The van der Waals surface area contributed by atoms with Crippen molar-refractivity contribution in [1.29, 1.82) is 10.5 Å². The van der Waals surface area contributed by atoms with Gasteiger partial charge in [0, 0.05) is 38.6 Å². The first-order chi connectivity index (χ1) is 31.9. The first kappa shape index (κ1) is 39.2. The summed E-state index contributed by atoms with van der Waals surface area (Å²) in [5, 5.41) is 22.6. The standard InChI is InChI=1S/C56H29N9/c1-59-44-21-18-37(19-22-44)40-20-23-52-50(29-40)47-16-10-11-17-51(47)65(52)53-48(41-25-35(33-57)24-36(26-41)34-58)30-43(31-49(53)42-27-45(60-2)32-46(28-42)61-3)56-63-54(38-12-6-4-7-13-38)62-55(64-56)39-14-8-5-9-15-39/h4-32H. The Morgan fingerprint density at radius 2 is 0.877 bits per heavy atom. The van der Waals surface area contributed by atoms with Gasteiger partial charge in [-0.05, 0) is 70.8 Å². The van der Waals surface area contributed by atoms with Gasteiger partial charge in [0.1, 0.15) is 0 Å². The molecule has 0 aliphatic heterocycles. The van der Waals surface area contributed by atoms with E-state index >= 15 is 0 Å². The van der Waals surface area contributed by atoms with Crippen molar-refractivity contribution in [2.45, 2.75) is 0 Å². The average Bonchev–Trinajstić information content (AvgIpc) is 3.71. The summed E-state index contributed by atoms with van der Waals surface area (Å²) in [5.41, 5.74) is 10.8. The minimum Gasteiger partial charge on any atom is -0.308 e. The minimum absolute atomic E-state index is 0.290. The van der Waals surface area contributed by atoms with E-state index in [1.54, 1.807) is 36.4 Å². The van der Waals surface area contributed by atoms with Crippen LogP contribution in [0.15, 0.2) is 176 Å². The molecule has 10 aromatic rings. The number of fused-ring (bicyclic) bond motifs is 3. The zero-order valence-electron chi connectivity index (χ0n) is 34.3. The number of hydrogen-bond acceptors (Lipinski definition) is 5. The van der Waals surface area contributed by atoms with Crippen LogP contribution in [0.4, 0.5) is 17.1 Å². The molecular formula is C56H29N9. The van der Waals surface area contributed by atoms with E-state index in [1.807, 2.05) is 109 Å². The van der Waals surface area contributed by atoms with Gasteiger partial charge in [0.05, 0.1) is 59.7 Å². The van der Waals surface area contributed by atoms with E-state index in [4.69, 9.17) is 34.7 Å². The van der Waals surface area contributed by atoms with Gasteiger partial charge in [-0.25, -0.2) is 29.5 Å². The highest BCUT2D eigenvalue weighted by Gasteiger charge is 2.24. The lowest BCUT2D eigenvalue weighted by atomic mass is 9.90. The van der Waals surface area contributed by atoms with Crippen molar-refractivity contribution in [3.8, 4) is 85.4 Å². The first-order valence-electron chi connectivity index (χ1n) is 20.4. The molecule has 0 unspecified atom stereocenters. The van der Waals surface area contributed by atoms with Crippen LogP contribution in [-0.2, 0) is 0 Å². The number of hydrogen-bond donors (Lipinski definition) is 0. The molecule has 0 spiro atoms. The maximum atomic E-state index is 10.3. The summed E-state index contributed by atoms with van der Waals surface area (Å²) in [4.78, 5) is 26.3. The summed E-state index contributed by atoms with van der Waals surface area (Å²) in [6, 6.07) is 60.0. The van der Waals surface area contributed by atoms with Crippen LogP contribution < -0.4 is 0 Å². The van der Waals surface area contributed by atoms with Gasteiger partial charge < -0.3 is 4.57 Å². The average molecular weight is 828 g/mol. The van der Waals surface area contributed by atoms with Gasteiger partial charge in [-0.3, -0.25) is 0 Å². The van der Waals surface area contributed by atoms with Crippen LogP contribution in [0.5, 0.6) is 0 Å². The van der Waals surface area contributed by atoms with E-state index in [-0.39, 0.29) is 0 Å². The lowest BCUT2D eigenvalue weighted by Gasteiger charge is -2.22. The molecule has 9 heteroatoms. The van der Waals surface area contributed by atoms with Crippen molar-refractivity contribution < 1.29 is 0 Å². The quantitative estimate of drug-likeness (QED) is 0.149. The Bertz CT molecular complexity index is 3540. The van der Waals surface area contributed by atoms with Gasteiger partial charge in [0.25, 0.3) is 0 Å². The van der Waals surface area contributed by atoms with E-state index in [9.17, 15) is 10.5 Å². The van der Waals surface area contributed by atoms with Gasteiger partial charge in [0.15, 0.2) is 34.5 Å². The predicted octanol–water partition coefficient (Wildman–Crippen LogP) is 14.4.